The number of pyridine rings is 1. The molecule has 2 aliphatic heterocycles. The highest BCUT2D eigenvalue weighted by Crippen LogP contribution is 2.37. The van der Waals surface area contributed by atoms with Crippen molar-refractivity contribution in [3.05, 3.63) is 49.0 Å². The van der Waals surface area contributed by atoms with Crippen molar-refractivity contribution in [3.63, 3.8) is 0 Å². The van der Waals surface area contributed by atoms with Gasteiger partial charge in [0.25, 0.3) is 0 Å². The molecular formula is C32H39N11O4S. The number of hydrogen-bond donors (Lipinski definition) is 2. The lowest BCUT2D eigenvalue weighted by Gasteiger charge is -2.42. The number of rotatable bonds is 9. The van der Waals surface area contributed by atoms with Gasteiger partial charge in [-0.2, -0.15) is 9.97 Å². The minimum atomic E-state index is -3.64. The number of ether oxygens (including phenoxy) is 1. The van der Waals surface area contributed by atoms with Crippen LogP contribution in [0.5, 0.6) is 5.88 Å². The van der Waals surface area contributed by atoms with Crippen LogP contribution in [0, 0.1) is 0 Å². The Balaban J connectivity index is 1.14. The third-order valence-corrected chi connectivity index (χ3v) is 10.3. The van der Waals surface area contributed by atoms with Crippen LogP contribution in [-0.4, -0.2) is 116 Å². The van der Waals surface area contributed by atoms with E-state index >= 15 is 0 Å². The number of nitrogens with one attached hydrogen (secondary N) is 2. The molecule has 0 spiro atoms. The topological polar surface area (TPSA) is 158 Å². The number of fused-ring (bicyclic) bond motifs is 2. The first-order chi connectivity index (χ1) is 23.2. The highest BCUT2D eigenvalue weighted by atomic mass is 32.2. The average Bonchev–Trinajstić information content (AvgIpc) is 3.57. The molecule has 2 fully saturated rings. The number of benzene rings is 1. The minimum Gasteiger partial charge on any atom is -0.479 e. The number of piperidine rings is 1. The SMILES string of the molecule is COc1nc(N2CCC(N3CCN(C)CC3)CC2)ccc1Nc1nc(Nc2ccc3nccnc3c2N(C)S(C)(=O)=O)c2occc2n1. The lowest BCUT2D eigenvalue weighted by molar-refractivity contribution is 0.0981. The molecule has 1 aromatic carbocycles. The van der Waals surface area contributed by atoms with Crippen molar-refractivity contribution >= 4 is 66.8 Å². The van der Waals surface area contributed by atoms with E-state index in [0.717, 1.165) is 64.2 Å². The van der Waals surface area contributed by atoms with Crippen LogP contribution in [0.1, 0.15) is 12.8 Å². The highest BCUT2D eigenvalue weighted by molar-refractivity contribution is 7.92. The summed E-state index contributed by atoms with van der Waals surface area (Å²) in [5.41, 5.74) is 3.26. The summed E-state index contributed by atoms with van der Waals surface area (Å²) in [5.74, 6) is 1.88. The van der Waals surface area contributed by atoms with Crippen LogP contribution >= 0.6 is 0 Å². The van der Waals surface area contributed by atoms with Gasteiger partial charge in [-0.15, -0.1) is 0 Å². The van der Waals surface area contributed by atoms with E-state index in [1.54, 1.807) is 31.5 Å². The molecule has 0 radical (unpaired) electrons. The Labute approximate surface area is 279 Å². The summed E-state index contributed by atoms with van der Waals surface area (Å²) >= 11 is 0. The first-order valence-electron chi connectivity index (χ1n) is 15.9. The Kier molecular flexibility index (Phi) is 8.61. The second kappa shape index (κ2) is 13.0. The van der Waals surface area contributed by atoms with Crippen molar-refractivity contribution in [1.82, 2.24) is 34.7 Å². The number of aromatic nitrogens is 5. The molecule has 16 heteroatoms. The predicted molar refractivity (Wildman–Crippen MR) is 186 cm³/mol. The van der Waals surface area contributed by atoms with E-state index in [4.69, 9.17) is 19.1 Å². The van der Waals surface area contributed by atoms with Crippen LogP contribution in [0.3, 0.4) is 0 Å². The number of methoxy groups -OCH3 is 1. The van der Waals surface area contributed by atoms with E-state index in [2.05, 4.69) is 47.3 Å². The molecule has 48 heavy (non-hydrogen) atoms. The van der Waals surface area contributed by atoms with Gasteiger partial charge in [0, 0.05) is 70.8 Å². The quantitative estimate of drug-likeness (QED) is 0.233. The second-order valence-electron chi connectivity index (χ2n) is 12.2. The Morgan fingerprint density at radius 2 is 1.65 bits per heavy atom. The van der Waals surface area contributed by atoms with Crippen molar-refractivity contribution in [2.75, 3.05) is 86.6 Å². The maximum absolute atomic E-state index is 12.7. The van der Waals surface area contributed by atoms with Crippen molar-refractivity contribution < 1.29 is 17.6 Å². The maximum atomic E-state index is 12.7. The fourth-order valence-electron chi connectivity index (χ4n) is 6.36. The second-order valence-corrected chi connectivity index (χ2v) is 14.2. The van der Waals surface area contributed by atoms with Crippen molar-refractivity contribution in [2.45, 2.75) is 18.9 Å². The van der Waals surface area contributed by atoms with E-state index < -0.39 is 10.0 Å². The molecule has 0 bridgehead atoms. The minimum absolute atomic E-state index is 0.269. The number of piperazine rings is 1. The zero-order valence-corrected chi connectivity index (χ0v) is 28.2. The van der Waals surface area contributed by atoms with Gasteiger partial charge in [0.1, 0.15) is 28.2 Å². The van der Waals surface area contributed by atoms with E-state index in [9.17, 15) is 8.42 Å². The smallest absolute Gasteiger partial charge is 0.239 e. The Hall–Kier alpha value is -4.80. The molecule has 252 valence electrons. The van der Waals surface area contributed by atoms with Gasteiger partial charge in [-0.05, 0) is 44.2 Å². The molecule has 0 amide bonds. The molecule has 4 aromatic heterocycles. The Morgan fingerprint density at radius 1 is 0.896 bits per heavy atom. The Morgan fingerprint density at radius 3 is 2.40 bits per heavy atom. The molecule has 2 saturated heterocycles. The van der Waals surface area contributed by atoms with Crippen LogP contribution in [0.2, 0.25) is 0 Å². The molecule has 2 aliphatic rings. The summed E-state index contributed by atoms with van der Waals surface area (Å²) < 4.78 is 37.9. The zero-order chi connectivity index (χ0) is 33.4. The third kappa shape index (κ3) is 6.37. The summed E-state index contributed by atoms with van der Waals surface area (Å²) in [6.45, 7) is 6.39. The largest absolute Gasteiger partial charge is 0.479 e. The van der Waals surface area contributed by atoms with E-state index in [0.29, 0.717) is 56.9 Å². The fraction of sp³-hybridized carbons (Fsp3) is 0.406. The van der Waals surface area contributed by atoms with Crippen LogP contribution in [0.15, 0.2) is 53.4 Å². The lowest BCUT2D eigenvalue weighted by Crippen LogP contribution is -2.52. The molecule has 0 saturated carbocycles. The number of anilines is 6. The monoisotopic (exact) mass is 673 g/mol. The van der Waals surface area contributed by atoms with Crippen LogP contribution in [-0.2, 0) is 10.0 Å². The van der Waals surface area contributed by atoms with Gasteiger partial charge in [-0.1, -0.05) is 0 Å². The number of likely N-dealkylation sites (N-methyl/N-ethyl adjacent to an activating group) is 1. The van der Waals surface area contributed by atoms with Crippen LogP contribution in [0.25, 0.3) is 22.1 Å². The summed E-state index contributed by atoms with van der Waals surface area (Å²) in [6.07, 6.45) is 7.94. The first kappa shape index (κ1) is 31.8. The number of furan rings is 1. The van der Waals surface area contributed by atoms with Gasteiger partial charge in [0.05, 0.1) is 30.8 Å². The van der Waals surface area contributed by atoms with Crippen molar-refractivity contribution in [3.8, 4) is 5.88 Å². The summed E-state index contributed by atoms with van der Waals surface area (Å²) in [6, 6.07) is 9.74. The number of sulfonamides is 1. The molecule has 0 aliphatic carbocycles. The first-order valence-corrected chi connectivity index (χ1v) is 17.7. The molecule has 7 rings (SSSR count). The standard InChI is InChI=1S/C32H39N11O4S/c1-40-16-18-42(19-17-40)21-9-14-43(15-10-21)26-8-7-25(31(38-26)46-3)37-32-36-24-11-20-47-29(24)30(39-32)35-23-6-5-22-27(34-13-12-33-22)28(23)41(2)48(4,44)45/h5-8,11-13,20-21H,9-10,14-19H2,1-4H3,(H2,35,36,37,39). The van der Waals surface area contributed by atoms with Crippen molar-refractivity contribution in [1.29, 1.82) is 0 Å². The summed E-state index contributed by atoms with van der Waals surface area (Å²) in [7, 11) is 1.61. The van der Waals surface area contributed by atoms with E-state index in [1.807, 2.05) is 12.1 Å². The van der Waals surface area contributed by atoms with Gasteiger partial charge < -0.3 is 29.6 Å². The molecular weight excluding hydrogens is 634 g/mol. The van der Waals surface area contributed by atoms with Gasteiger partial charge in [0.15, 0.2) is 11.4 Å². The van der Waals surface area contributed by atoms with Crippen LogP contribution < -0.4 is 24.6 Å². The predicted octanol–water partition coefficient (Wildman–Crippen LogP) is 3.67. The third-order valence-electron chi connectivity index (χ3n) is 9.11. The van der Waals surface area contributed by atoms with Gasteiger partial charge in [0.2, 0.25) is 21.9 Å². The normalized spacial score (nSPS) is 16.8. The maximum Gasteiger partial charge on any atom is 0.239 e. The number of nitrogens with zero attached hydrogens (tertiary/aromatic N) is 9. The van der Waals surface area contributed by atoms with Gasteiger partial charge in [-0.25, -0.2) is 13.4 Å². The molecule has 6 heterocycles. The molecule has 15 nitrogen and oxygen atoms in total. The summed E-state index contributed by atoms with van der Waals surface area (Å²) in [5, 5.41) is 6.52. The van der Waals surface area contributed by atoms with E-state index in [-0.39, 0.29) is 5.95 Å². The van der Waals surface area contributed by atoms with Gasteiger partial charge >= 0.3 is 0 Å². The zero-order valence-electron chi connectivity index (χ0n) is 27.4. The highest BCUT2D eigenvalue weighted by Gasteiger charge is 2.28. The molecule has 2 N–H and O–H groups in total. The van der Waals surface area contributed by atoms with Crippen molar-refractivity contribution in [2.24, 2.45) is 0 Å². The summed E-state index contributed by atoms with van der Waals surface area (Å²) in [4.78, 5) is 30.3. The van der Waals surface area contributed by atoms with Crippen LogP contribution in [0.4, 0.5) is 34.6 Å². The average molecular weight is 674 g/mol. The molecule has 0 atom stereocenters. The molecule has 5 aromatic rings. The lowest BCUT2D eigenvalue weighted by atomic mass is 10.0. The molecule has 0 unspecified atom stereocenters. The Bertz CT molecular complexity index is 2040. The fourth-order valence-corrected chi connectivity index (χ4v) is 6.88. The number of hydrogen-bond acceptors (Lipinski definition) is 14. The van der Waals surface area contributed by atoms with Gasteiger partial charge in [-0.3, -0.25) is 19.2 Å². The van der Waals surface area contributed by atoms with E-state index in [1.165, 1.54) is 23.8 Å².